The topological polar surface area (TPSA) is 39.4 Å². The van der Waals surface area contributed by atoms with Crippen molar-refractivity contribution in [1.29, 1.82) is 0 Å². The van der Waals surface area contributed by atoms with E-state index in [0.717, 1.165) is 21.4 Å². The third-order valence-corrected chi connectivity index (χ3v) is 2.98. The summed E-state index contributed by atoms with van der Waals surface area (Å²) in [4.78, 5) is 4.23. The fourth-order valence-corrected chi connectivity index (χ4v) is 1.72. The molecule has 74 valence electrons. The molecule has 0 aliphatic carbocycles. The summed E-state index contributed by atoms with van der Waals surface area (Å²) in [5, 5.41) is 4.31. The number of ether oxygens (including phenoxy) is 1. The number of hydrogen-bond acceptors (Lipinski definition) is 3. The zero-order chi connectivity index (χ0) is 10.3. The van der Waals surface area contributed by atoms with Crippen LogP contribution in [0.25, 0.3) is 5.52 Å². The van der Waals surface area contributed by atoms with Gasteiger partial charge in [-0.1, -0.05) is 0 Å². The van der Waals surface area contributed by atoms with E-state index >= 15 is 0 Å². The van der Waals surface area contributed by atoms with Gasteiger partial charge >= 0.3 is 6.01 Å². The van der Waals surface area contributed by atoms with Gasteiger partial charge in [-0.3, -0.25) is 0 Å². The van der Waals surface area contributed by atoms with Crippen molar-refractivity contribution in [2.24, 2.45) is 0 Å². The zero-order valence-electron chi connectivity index (χ0n) is 8.21. The zero-order valence-corrected chi connectivity index (χ0v) is 9.79. The number of aromatic nitrogens is 3. The van der Waals surface area contributed by atoms with Crippen LogP contribution >= 0.6 is 15.9 Å². The first-order chi connectivity index (χ1) is 6.63. The first-order valence-corrected chi connectivity index (χ1v) is 4.99. The highest BCUT2D eigenvalue weighted by Gasteiger charge is 2.11. The lowest BCUT2D eigenvalue weighted by atomic mass is 10.3. The van der Waals surface area contributed by atoms with Gasteiger partial charge in [0.1, 0.15) is 0 Å². The number of aryl methyl sites for hydroxylation is 2. The minimum absolute atomic E-state index is 0.508. The lowest BCUT2D eigenvalue weighted by Crippen LogP contribution is -2.00. The third kappa shape index (κ3) is 1.28. The van der Waals surface area contributed by atoms with Crippen LogP contribution in [0.5, 0.6) is 6.01 Å². The second-order valence-electron chi connectivity index (χ2n) is 3.08. The maximum absolute atomic E-state index is 5.15. The Kier molecular flexibility index (Phi) is 2.19. The molecule has 2 aromatic heterocycles. The van der Waals surface area contributed by atoms with Gasteiger partial charge in [-0.05, 0) is 35.8 Å². The first-order valence-electron chi connectivity index (χ1n) is 4.20. The molecule has 0 spiro atoms. The summed E-state index contributed by atoms with van der Waals surface area (Å²) in [7, 11) is 1.59. The highest BCUT2D eigenvalue weighted by molar-refractivity contribution is 9.10. The molecule has 0 saturated heterocycles. The van der Waals surface area contributed by atoms with Crippen LogP contribution in [0.2, 0.25) is 0 Å². The van der Waals surface area contributed by atoms with Gasteiger partial charge in [-0.25, -0.2) is 4.98 Å². The van der Waals surface area contributed by atoms with E-state index in [1.54, 1.807) is 11.6 Å². The summed E-state index contributed by atoms with van der Waals surface area (Å²) in [6, 6.07) is 2.47. The lowest BCUT2D eigenvalue weighted by Gasteiger charge is -2.02. The van der Waals surface area contributed by atoms with Gasteiger partial charge < -0.3 is 4.74 Å². The van der Waals surface area contributed by atoms with E-state index in [2.05, 4.69) is 26.0 Å². The molecule has 0 unspecified atom stereocenters. The summed E-state index contributed by atoms with van der Waals surface area (Å²) < 4.78 is 7.82. The monoisotopic (exact) mass is 255 g/mol. The Morgan fingerprint density at radius 1 is 1.43 bits per heavy atom. The van der Waals surface area contributed by atoms with E-state index in [9.17, 15) is 0 Å². The minimum atomic E-state index is 0.508. The van der Waals surface area contributed by atoms with E-state index in [1.165, 1.54) is 0 Å². The normalized spacial score (nSPS) is 10.9. The molecule has 0 aliphatic heterocycles. The highest BCUT2D eigenvalue weighted by atomic mass is 79.9. The molecule has 2 aromatic rings. The van der Waals surface area contributed by atoms with Crippen LogP contribution in [0.4, 0.5) is 0 Å². The van der Waals surface area contributed by atoms with Crippen molar-refractivity contribution >= 4 is 21.4 Å². The Labute approximate surface area is 90.0 Å². The molecule has 0 bridgehead atoms. The summed E-state index contributed by atoms with van der Waals surface area (Å²) in [5.74, 6) is 0. The van der Waals surface area contributed by atoms with Gasteiger partial charge in [0.15, 0.2) is 0 Å². The number of halogens is 1. The average Bonchev–Trinajstić information content (AvgIpc) is 2.43. The molecule has 2 rings (SSSR count). The predicted molar refractivity (Wildman–Crippen MR) is 56.7 cm³/mol. The van der Waals surface area contributed by atoms with Gasteiger partial charge in [-0.15, -0.1) is 0 Å². The molecule has 0 aromatic carbocycles. The minimum Gasteiger partial charge on any atom is -0.467 e. The summed E-state index contributed by atoms with van der Waals surface area (Å²) >= 11 is 3.48. The highest BCUT2D eigenvalue weighted by Crippen LogP contribution is 2.24. The maximum Gasteiger partial charge on any atom is 0.318 e. The Morgan fingerprint density at radius 2 is 2.14 bits per heavy atom. The summed E-state index contributed by atoms with van der Waals surface area (Å²) in [5.41, 5.74) is 2.82. The SMILES string of the molecule is COc1nc(C)cc2c(Br)c(C)nn12. The van der Waals surface area contributed by atoms with Crippen LogP contribution in [0.1, 0.15) is 11.4 Å². The largest absolute Gasteiger partial charge is 0.467 e. The molecule has 2 heterocycles. The molecule has 0 aliphatic rings. The van der Waals surface area contributed by atoms with Crippen LogP contribution < -0.4 is 4.74 Å². The predicted octanol–water partition coefficient (Wildman–Crippen LogP) is 2.12. The van der Waals surface area contributed by atoms with Gasteiger partial charge in [0.2, 0.25) is 0 Å². The lowest BCUT2D eigenvalue weighted by molar-refractivity contribution is 0.366. The Hall–Kier alpha value is -1.10. The van der Waals surface area contributed by atoms with Crippen LogP contribution in [0.15, 0.2) is 10.5 Å². The van der Waals surface area contributed by atoms with Crippen molar-refractivity contribution < 1.29 is 4.74 Å². The molecule has 4 nitrogen and oxygen atoms in total. The van der Waals surface area contributed by atoms with Crippen molar-refractivity contribution in [3.05, 3.63) is 21.9 Å². The Balaban J connectivity index is 2.87. The van der Waals surface area contributed by atoms with E-state index in [1.807, 2.05) is 19.9 Å². The van der Waals surface area contributed by atoms with E-state index in [0.29, 0.717) is 6.01 Å². The molecule has 0 fully saturated rings. The van der Waals surface area contributed by atoms with Gasteiger partial charge in [-0.2, -0.15) is 9.61 Å². The second-order valence-corrected chi connectivity index (χ2v) is 3.87. The van der Waals surface area contributed by atoms with Crippen molar-refractivity contribution in [3.63, 3.8) is 0 Å². The first kappa shape index (κ1) is 9.45. The number of methoxy groups -OCH3 is 1. The van der Waals surface area contributed by atoms with E-state index in [-0.39, 0.29) is 0 Å². The molecule has 0 saturated carbocycles. The van der Waals surface area contributed by atoms with Crippen LogP contribution in [0, 0.1) is 13.8 Å². The van der Waals surface area contributed by atoms with E-state index < -0.39 is 0 Å². The number of hydrogen-bond donors (Lipinski definition) is 0. The molecule has 0 atom stereocenters. The van der Waals surface area contributed by atoms with E-state index in [4.69, 9.17) is 4.74 Å². The number of rotatable bonds is 1. The smallest absolute Gasteiger partial charge is 0.318 e. The number of nitrogens with zero attached hydrogens (tertiary/aromatic N) is 3. The Morgan fingerprint density at radius 3 is 2.79 bits per heavy atom. The fraction of sp³-hybridized carbons (Fsp3) is 0.333. The van der Waals surface area contributed by atoms with Crippen molar-refractivity contribution in [1.82, 2.24) is 14.6 Å². The van der Waals surface area contributed by atoms with Crippen molar-refractivity contribution in [2.45, 2.75) is 13.8 Å². The maximum atomic E-state index is 5.15. The molecule has 0 radical (unpaired) electrons. The van der Waals surface area contributed by atoms with Gasteiger partial charge in [0, 0.05) is 5.69 Å². The van der Waals surface area contributed by atoms with Crippen LogP contribution in [0.3, 0.4) is 0 Å². The summed E-state index contributed by atoms with van der Waals surface area (Å²) in [6.07, 6.45) is 0. The molecule has 5 heteroatoms. The van der Waals surface area contributed by atoms with Crippen molar-refractivity contribution in [2.75, 3.05) is 7.11 Å². The molecular weight excluding hydrogens is 246 g/mol. The second kappa shape index (κ2) is 3.24. The van der Waals surface area contributed by atoms with Crippen LogP contribution in [-0.4, -0.2) is 21.7 Å². The standard InChI is InChI=1S/C9H10BrN3O/c1-5-4-7-8(10)6(2)12-13(7)9(11-5)14-3/h4H,1-3H3. The third-order valence-electron chi connectivity index (χ3n) is 2.00. The fourth-order valence-electron chi connectivity index (χ4n) is 1.36. The molecular formula is C9H10BrN3O. The Bertz CT molecular complexity index is 492. The number of fused-ring (bicyclic) bond motifs is 1. The van der Waals surface area contributed by atoms with Gasteiger partial charge in [0.25, 0.3) is 0 Å². The molecule has 0 amide bonds. The quantitative estimate of drug-likeness (QED) is 0.784. The van der Waals surface area contributed by atoms with Crippen LogP contribution in [-0.2, 0) is 0 Å². The summed E-state index contributed by atoms with van der Waals surface area (Å²) in [6.45, 7) is 3.86. The van der Waals surface area contributed by atoms with Gasteiger partial charge in [0.05, 0.1) is 22.8 Å². The molecule has 0 N–H and O–H groups in total. The van der Waals surface area contributed by atoms with Crippen molar-refractivity contribution in [3.8, 4) is 6.01 Å². The molecule has 14 heavy (non-hydrogen) atoms. The average molecular weight is 256 g/mol.